The highest BCUT2D eigenvalue weighted by Crippen LogP contribution is 2.27. The van der Waals surface area contributed by atoms with Gasteiger partial charge in [-0.3, -0.25) is 38.7 Å². The van der Waals surface area contributed by atoms with Crippen molar-refractivity contribution in [3.05, 3.63) is 102 Å². The fourth-order valence-corrected chi connectivity index (χ4v) is 7.79. The van der Waals surface area contributed by atoms with Crippen LogP contribution in [0.2, 0.25) is 0 Å². The largest absolute Gasteiger partial charge is 0.445 e. The fraction of sp³-hybridized carbons (Fsp3) is 0.380. The summed E-state index contributed by atoms with van der Waals surface area (Å²) in [6.45, 7) is 6.38. The van der Waals surface area contributed by atoms with Gasteiger partial charge in [0.15, 0.2) is 11.5 Å². The van der Waals surface area contributed by atoms with Crippen molar-refractivity contribution in [1.29, 1.82) is 0 Å². The molecule has 2 aliphatic heterocycles. The number of urea groups is 1. The molecule has 1 saturated heterocycles. The average molecular weight is 1000 g/mol. The second-order valence-electron chi connectivity index (χ2n) is 17.5. The highest BCUT2D eigenvalue weighted by Gasteiger charge is 2.29. The number of amides is 9. The predicted octanol–water partition coefficient (Wildman–Crippen LogP) is 3.13. The summed E-state index contributed by atoms with van der Waals surface area (Å²) in [7, 11) is 0. The van der Waals surface area contributed by atoms with Gasteiger partial charge in [0.25, 0.3) is 17.7 Å². The maximum atomic E-state index is 13.6. The second-order valence-corrected chi connectivity index (χ2v) is 17.5. The third kappa shape index (κ3) is 16.3. The van der Waals surface area contributed by atoms with Crippen molar-refractivity contribution >= 4 is 70.4 Å². The summed E-state index contributed by atoms with van der Waals surface area (Å²) >= 11 is 0. The third-order valence-electron chi connectivity index (χ3n) is 11.7. The second kappa shape index (κ2) is 26.7. The number of nitrogens with two attached hydrogens (primary N) is 2. The summed E-state index contributed by atoms with van der Waals surface area (Å²) in [5.74, 6) is -3.15. The summed E-state index contributed by atoms with van der Waals surface area (Å²) in [4.78, 5) is 117. The lowest BCUT2D eigenvalue weighted by molar-refractivity contribution is -0.137. The topological polar surface area (TPSA) is 324 Å². The Bertz CT molecular complexity index is 2640. The molecule has 0 spiro atoms. The van der Waals surface area contributed by atoms with Crippen LogP contribution in [-0.2, 0) is 46.6 Å². The number of nitrogens with one attached hydrogen (secondary N) is 6. The summed E-state index contributed by atoms with van der Waals surface area (Å²) < 4.78 is 10.9. The van der Waals surface area contributed by atoms with Gasteiger partial charge in [0.2, 0.25) is 17.7 Å². The van der Waals surface area contributed by atoms with Crippen molar-refractivity contribution in [1.82, 2.24) is 41.1 Å². The molecule has 0 radical (unpaired) electrons. The number of benzene rings is 2. The molecule has 4 aromatic rings. The lowest BCUT2D eigenvalue weighted by Gasteiger charge is -2.30. The number of unbranched alkanes of at least 4 members (excludes halogenated alkanes) is 2. The van der Waals surface area contributed by atoms with E-state index < -0.39 is 41.9 Å². The van der Waals surface area contributed by atoms with Crippen molar-refractivity contribution in [2.45, 2.75) is 77.6 Å². The van der Waals surface area contributed by atoms with Crippen LogP contribution in [0.1, 0.15) is 74.0 Å². The number of nitrogens with zero attached hydrogens (tertiary/aromatic N) is 5. The molecular formula is C50H61N13O10. The molecule has 2 aromatic heterocycles. The Balaban J connectivity index is 0.969. The van der Waals surface area contributed by atoms with Gasteiger partial charge in [0.05, 0.1) is 42.7 Å². The summed E-state index contributed by atoms with van der Waals surface area (Å²) in [5.41, 5.74) is 15.3. The quantitative estimate of drug-likeness (QED) is 0.0369. The van der Waals surface area contributed by atoms with Gasteiger partial charge in [0.1, 0.15) is 18.7 Å². The number of alkyl carbamates (subject to hydrolysis) is 1. The van der Waals surface area contributed by atoms with Gasteiger partial charge < -0.3 is 57.7 Å². The van der Waals surface area contributed by atoms with Crippen LogP contribution in [0.4, 0.5) is 32.5 Å². The van der Waals surface area contributed by atoms with Crippen LogP contribution in [0.5, 0.6) is 0 Å². The van der Waals surface area contributed by atoms with Crippen LogP contribution in [0.15, 0.2) is 85.3 Å². The van der Waals surface area contributed by atoms with Crippen molar-refractivity contribution in [3.8, 4) is 11.3 Å². The number of imide groups is 1. The molecule has 2 aromatic carbocycles. The number of ether oxygens (including phenoxy) is 2. The first kappa shape index (κ1) is 53.9. The number of hydrogen-bond donors (Lipinski definition) is 8. The minimum Gasteiger partial charge on any atom is -0.445 e. The van der Waals surface area contributed by atoms with E-state index in [0.29, 0.717) is 79.3 Å². The minimum absolute atomic E-state index is 0.0503. The summed E-state index contributed by atoms with van der Waals surface area (Å²) in [6, 6.07) is 12.8. The van der Waals surface area contributed by atoms with E-state index in [9.17, 15) is 38.4 Å². The molecular weight excluding hydrogens is 943 g/mol. The Morgan fingerprint density at radius 3 is 2.32 bits per heavy atom. The smallest absolute Gasteiger partial charge is 0.407 e. The average Bonchev–Trinajstić information content (AvgIpc) is 3.70. The third-order valence-corrected chi connectivity index (χ3v) is 11.7. The molecule has 0 aliphatic carbocycles. The van der Waals surface area contributed by atoms with Crippen molar-refractivity contribution in [2.24, 2.45) is 11.7 Å². The summed E-state index contributed by atoms with van der Waals surface area (Å²) in [6.07, 6.45) is 8.52. The van der Waals surface area contributed by atoms with Crippen LogP contribution >= 0.6 is 0 Å². The van der Waals surface area contributed by atoms with Gasteiger partial charge in [-0.1, -0.05) is 50.6 Å². The number of carbonyl (C=O) groups is 8. The molecule has 0 saturated carbocycles. The number of aromatic nitrogens is 3. The molecule has 9 amide bonds. The van der Waals surface area contributed by atoms with Gasteiger partial charge in [-0.2, -0.15) is 0 Å². The Morgan fingerprint density at radius 2 is 1.59 bits per heavy atom. The molecule has 386 valence electrons. The zero-order valence-electron chi connectivity index (χ0n) is 40.7. The molecule has 6 rings (SSSR count). The molecule has 23 heteroatoms. The van der Waals surface area contributed by atoms with E-state index in [4.69, 9.17) is 20.9 Å². The molecule has 1 unspecified atom stereocenters. The number of hydrogen-bond acceptors (Lipinski definition) is 15. The molecule has 73 heavy (non-hydrogen) atoms. The van der Waals surface area contributed by atoms with Gasteiger partial charge in [-0.05, 0) is 67.0 Å². The van der Waals surface area contributed by atoms with Crippen LogP contribution in [0.3, 0.4) is 0 Å². The number of anilines is 4. The fourth-order valence-electron chi connectivity index (χ4n) is 7.79. The molecule has 1 fully saturated rings. The van der Waals surface area contributed by atoms with Crippen LogP contribution in [-0.4, -0.2) is 119 Å². The molecule has 10 N–H and O–H groups in total. The maximum absolute atomic E-state index is 13.6. The Labute approximate surface area is 421 Å². The van der Waals surface area contributed by atoms with Crippen LogP contribution in [0, 0.1) is 5.92 Å². The molecule has 4 heterocycles. The van der Waals surface area contributed by atoms with Gasteiger partial charge in [-0.25, -0.2) is 19.6 Å². The highest BCUT2D eigenvalue weighted by molar-refractivity contribution is 6.13. The first-order valence-electron chi connectivity index (χ1n) is 23.9. The predicted molar refractivity (Wildman–Crippen MR) is 269 cm³/mol. The molecule has 2 atom stereocenters. The number of pyridine rings is 1. The van der Waals surface area contributed by atoms with Crippen LogP contribution < -0.4 is 48.3 Å². The SMILES string of the molecule is CC(C)C(NC(=O)CCCCCN1C(=O)C=CC1=O)C(=O)N[C@@H](CCCNC(N)=O)C(=O)Nc1ccc(COC(=O)NCc2cccc(-c3cnc(N)c(C(=O)Nc4cnccc4N4CCOCC4)n3)c2)cc1. The standard InChI is InChI=1S/C50H61N13O10/c1-31(2)43(61-40(64)11-4-3-5-21-63-41(65)16-17-42(63)66)47(68)59-36(10-7-19-54-49(52)70)46(67)57-35-14-12-32(13-15-35)30-73-50(71)56-27-33-8-6-9-34(26-33)37-29-55-45(51)44(58-37)48(69)60-38-28-53-20-18-39(38)62-22-24-72-25-23-62/h6,8-9,12-18,20,26,28-29,31,36,43H,3-5,7,10-11,19,21-25,27,30H2,1-2H3,(H2,51,55)(H,56,71)(H,57,67)(H,59,68)(H,60,69)(H,61,64)(H3,52,54,70)/t36-,43?/m0/s1. The molecule has 2 aliphatic rings. The van der Waals surface area contributed by atoms with E-state index in [2.05, 4.69) is 51.8 Å². The van der Waals surface area contributed by atoms with Crippen molar-refractivity contribution in [3.63, 3.8) is 0 Å². The van der Waals surface area contributed by atoms with E-state index in [0.717, 1.165) is 10.6 Å². The Morgan fingerprint density at radius 1 is 0.836 bits per heavy atom. The summed E-state index contributed by atoms with van der Waals surface area (Å²) in [5, 5.41) is 16.4. The van der Waals surface area contributed by atoms with E-state index in [1.54, 1.807) is 74.8 Å². The van der Waals surface area contributed by atoms with Crippen LogP contribution in [0.25, 0.3) is 11.3 Å². The monoisotopic (exact) mass is 1000 g/mol. The van der Waals surface area contributed by atoms with Gasteiger partial charge in [-0.15, -0.1) is 0 Å². The number of carbonyl (C=O) groups excluding carboxylic acids is 8. The minimum atomic E-state index is -1.06. The number of morpholine rings is 1. The van der Waals surface area contributed by atoms with E-state index >= 15 is 0 Å². The zero-order valence-corrected chi connectivity index (χ0v) is 40.7. The normalized spacial score (nSPS) is 14.0. The van der Waals surface area contributed by atoms with Gasteiger partial charge in [0, 0.05) is 68.7 Å². The van der Waals surface area contributed by atoms with E-state index in [1.165, 1.54) is 18.3 Å². The first-order valence-corrected chi connectivity index (χ1v) is 23.9. The highest BCUT2D eigenvalue weighted by atomic mass is 16.5. The Kier molecular flexibility index (Phi) is 19.7. The van der Waals surface area contributed by atoms with Crippen molar-refractivity contribution < 1.29 is 47.8 Å². The zero-order chi connectivity index (χ0) is 52.3. The van der Waals surface area contributed by atoms with Crippen molar-refractivity contribution in [2.75, 3.05) is 60.7 Å². The number of rotatable bonds is 24. The molecule has 0 bridgehead atoms. The lowest BCUT2D eigenvalue weighted by Crippen LogP contribution is -2.54. The van der Waals surface area contributed by atoms with E-state index in [-0.39, 0.29) is 80.7 Å². The number of primary amides is 1. The first-order chi connectivity index (χ1) is 35.1. The number of nitrogen functional groups attached to an aromatic ring is 1. The van der Waals surface area contributed by atoms with E-state index in [1.807, 2.05) is 6.07 Å². The van der Waals surface area contributed by atoms with Gasteiger partial charge >= 0.3 is 12.1 Å². The molecule has 23 nitrogen and oxygen atoms in total. The lowest BCUT2D eigenvalue weighted by atomic mass is 10.0. The maximum Gasteiger partial charge on any atom is 0.407 e. The Hall–Kier alpha value is -8.47.